The number of aromatic nitrogens is 2. The highest BCUT2D eigenvalue weighted by molar-refractivity contribution is 5.93. The Balaban J connectivity index is 1.75. The van der Waals surface area contributed by atoms with Crippen LogP contribution in [0, 0.1) is 18.3 Å². The Hall–Kier alpha value is -3.92. The van der Waals surface area contributed by atoms with Crippen molar-refractivity contribution < 1.29 is 4.79 Å². The third kappa shape index (κ3) is 3.92. The molecular formula is C24H22N4O3. The van der Waals surface area contributed by atoms with Crippen LogP contribution >= 0.6 is 0 Å². The molecule has 1 amide bonds. The van der Waals surface area contributed by atoms with Crippen LogP contribution in [0.2, 0.25) is 0 Å². The number of nitriles is 1. The van der Waals surface area contributed by atoms with Crippen molar-refractivity contribution in [1.82, 2.24) is 9.13 Å². The molecule has 0 atom stereocenters. The maximum Gasteiger partial charge on any atom is 0.331 e. The van der Waals surface area contributed by atoms with Crippen molar-refractivity contribution in [3.05, 3.63) is 97.8 Å². The van der Waals surface area contributed by atoms with E-state index in [9.17, 15) is 19.6 Å². The van der Waals surface area contributed by atoms with Gasteiger partial charge in [0.15, 0.2) is 0 Å². The Morgan fingerprint density at radius 1 is 1.13 bits per heavy atom. The number of rotatable bonds is 5. The second-order valence-corrected chi connectivity index (χ2v) is 7.67. The molecule has 4 rings (SSSR count). The van der Waals surface area contributed by atoms with Crippen molar-refractivity contribution in [3.63, 3.8) is 0 Å². The van der Waals surface area contributed by atoms with Gasteiger partial charge in [0.1, 0.15) is 18.2 Å². The molecule has 0 aliphatic carbocycles. The van der Waals surface area contributed by atoms with Gasteiger partial charge in [-0.25, -0.2) is 9.36 Å². The van der Waals surface area contributed by atoms with Crippen molar-refractivity contribution in [3.8, 4) is 6.07 Å². The number of carbonyl (C=O) groups excluding carboxylic acids is 1. The van der Waals surface area contributed by atoms with Gasteiger partial charge in [-0.05, 0) is 43.0 Å². The fraction of sp³-hybridized carbons (Fsp3) is 0.250. The number of benzene rings is 2. The van der Waals surface area contributed by atoms with E-state index in [1.165, 1.54) is 4.57 Å². The Labute approximate surface area is 179 Å². The van der Waals surface area contributed by atoms with Crippen LogP contribution in [0.5, 0.6) is 0 Å². The van der Waals surface area contributed by atoms with Gasteiger partial charge in [-0.2, -0.15) is 5.26 Å². The predicted molar refractivity (Wildman–Crippen MR) is 117 cm³/mol. The lowest BCUT2D eigenvalue weighted by atomic mass is 10.1. The van der Waals surface area contributed by atoms with Gasteiger partial charge in [0, 0.05) is 17.9 Å². The highest BCUT2D eigenvalue weighted by Gasteiger charge is 2.25. The summed E-state index contributed by atoms with van der Waals surface area (Å²) in [6.45, 7) is 2.26. The van der Waals surface area contributed by atoms with Crippen molar-refractivity contribution in [2.45, 2.75) is 39.4 Å². The fourth-order valence-corrected chi connectivity index (χ4v) is 3.99. The number of nitrogens with zero attached hydrogens (tertiary/aromatic N) is 4. The summed E-state index contributed by atoms with van der Waals surface area (Å²) in [5.74, 6) is -0.393. The van der Waals surface area contributed by atoms with Crippen LogP contribution in [0.1, 0.15) is 28.8 Å². The molecule has 1 aliphatic heterocycles. The third-order valence-electron chi connectivity index (χ3n) is 5.53. The quantitative estimate of drug-likeness (QED) is 0.641. The summed E-state index contributed by atoms with van der Waals surface area (Å²) in [6.07, 6.45) is 1.22. The van der Waals surface area contributed by atoms with Crippen LogP contribution in [0.3, 0.4) is 0 Å². The van der Waals surface area contributed by atoms with Gasteiger partial charge in [-0.1, -0.05) is 42.5 Å². The molecule has 0 saturated carbocycles. The number of anilines is 1. The van der Waals surface area contributed by atoms with E-state index < -0.39 is 23.7 Å². The Kier molecular flexibility index (Phi) is 5.54. The lowest BCUT2D eigenvalue weighted by Crippen LogP contribution is -2.46. The third-order valence-corrected chi connectivity index (χ3v) is 5.53. The Morgan fingerprint density at radius 3 is 2.61 bits per heavy atom. The summed E-state index contributed by atoms with van der Waals surface area (Å²) < 4.78 is 2.34. The summed E-state index contributed by atoms with van der Waals surface area (Å²) in [4.78, 5) is 40.7. The Bertz CT molecular complexity index is 1300. The van der Waals surface area contributed by atoms with Gasteiger partial charge in [0.2, 0.25) is 5.91 Å². The zero-order chi connectivity index (χ0) is 22.0. The summed E-state index contributed by atoms with van der Waals surface area (Å²) >= 11 is 0. The predicted octanol–water partition coefficient (Wildman–Crippen LogP) is 2.37. The molecule has 7 heteroatoms. The molecule has 3 aromatic rings. The van der Waals surface area contributed by atoms with E-state index in [4.69, 9.17) is 0 Å². The van der Waals surface area contributed by atoms with Gasteiger partial charge in [0.05, 0.1) is 6.54 Å². The molecule has 0 unspecified atom stereocenters. The first-order chi connectivity index (χ1) is 15.0. The smallest absolute Gasteiger partial charge is 0.306 e. The number of hydrogen-bond acceptors (Lipinski definition) is 4. The molecule has 2 aromatic carbocycles. The molecule has 0 saturated heterocycles. The first-order valence-corrected chi connectivity index (χ1v) is 10.2. The standard InChI is InChI=1S/C24H22N4O3/c1-17-7-5-10-19(13-17)27(15-18-8-3-2-4-9-18)22(29)16-28-23(30)20(14-25)21-11-6-12-26(21)24(28)31/h2-5,7-10,13H,6,11-12,15-16H2,1H3. The maximum atomic E-state index is 13.4. The number of aryl methyl sites for hydroxylation is 1. The van der Waals surface area contributed by atoms with Crippen LogP contribution in [-0.4, -0.2) is 15.0 Å². The lowest BCUT2D eigenvalue weighted by molar-refractivity contribution is -0.119. The van der Waals surface area contributed by atoms with E-state index in [2.05, 4.69) is 0 Å². The lowest BCUT2D eigenvalue weighted by Gasteiger charge is -2.24. The molecule has 156 valence electrons. The molecule has 2 heterocycles. The minimum atomic E-state index is -0.696. The van der Waals surface area contributed by atoms with E-state index in [0.29, 0.717) is 37.3 Å². The molecule has 0 bridgehead atoms. The van der Waals surface area contributed by atoms with Crippen LogP contribution in [0.25, 0.3) is 0 Å². The SMILES string of the molecule is Cc1cccc(N(Cc2ccccc2)C(=O)Cn2c(=O)c(C#N)c3n(c2=O)CCC3)c1. The average molecular weight is 414 g/mol. The van der Waals surface area contributed by atoms with Crippen molar-refractivity contribution in [2.75, 3.05) is 4.90 Å². The largest absolute Gasteiger partial charge is 0.331 e. The topological polar surface area (TPSA) is 88.1 Å². The molecule has 0 fully saturated rings. The second kappa shape index (κ2) is 8.44. The van der Waals surface area contributed by atoms with Gasteiger partial charge >= 0.3 is 5.69 Å². The minimum Gasteiger partial charge on any atom is -0.306 e. The first kappa shape index (κ1) is 20.4. The van der Waals surface area contributed by atoms with E-state index in [-0.39, 0.29) is 5.56 Å². The molecule has 31 heavy (non-hydrogen) atoms. The average Bonchev–Trinajstić information content (AvgIpc) is 3.26. The van der Waals surface area contributed by atoms with Gasteiger partial charge < -0.3 is 4.90 Å². The van der Waals surface area contributed by atoms with Crippen molar-refractivity contribution >= 4 is 11.6 Å². The molecule has 0 spiro atoms. The summed E-state index contributed by atoms with van der Waals surface area (Å²) in [6, 6.07) is 19.0. The number of carbonyl (C=O) groups is 1. The maximum absolute atomic E-state index is 13.4. The summed E-state index contributed by atoms with van der Waals surface area (Å²) in [5, 5.41) is 9.47. The monoisotopic (exact) mass is 414 g/mol. The molecule has 0 radical (unpaired) electrons. The fourth-order valence-electron chi connectivity index (χ4n) is 3.99. The number of hydrogen-bond donors (Lipinski definition) is 0. The van der Waals surface area contributed by atoms with Gasteiger partial charge in [-0.15, -0.1) is 0 Å². The zero-order valence-electron chi connectivity index (χ0n) is 17.2. The first-order valence-electron chi connectivity index (χ1n) is 10.2. The second-order valence-electron chi connectivity index (χ2n) is 7.67. The highest BCUT2D eigenvalue weighted by Crippen LogP contribution is 2.20. The number of amides is 1. The molecule has 1 aliphatic rings. The van der Waals surface area contributed by atoms with Gasteiger partial charge in [0.25, 0.3) is 5.56 Å². The highest BCUT2D eigenvalue weighted by atomic mass is 16.2. The summed E-state index contributed by atoms with van der Waals surface area (Å²) in [5.41, 5.74) is 1.80. The molecule has 0 N–H and O–H groups in total. The zero-order valence-corrected chi connectivity index (χ0v) is 17.2. The normalized spacial score (nSPS) is 12.3. The van der Waals surface area contributed by atoms with Crippen molar-refractivity contribution in [1.29, 1.82) is 5.26 Å². The van der Waals surface area contributed by atoms with Crippen LogP contribution < -0.4 is 16.1 Å². The van der Waals surface area contributed by atoms with Crippen LogP contribution in [0.15, 0.2) is 64.2 Å². The van der Waals surface area contributed by atoms with E-state index in [1.807, 2.05) is 67.6 Å². The molecule has 1 aromatic heterocycles. The van der Waals surface area contributed by atoms with Crippen LogP contribution in [-0.2, 0) is 30.8 Å². The van der Waals surface area contributed by atoms with E-state index >= 15 is 0 Å². The van der Waals surface area contributed by atoms with Gasteiger partial charge in [-0.3, -0.25) is 14.2 Å². The minimum absolute atomic E-state index is 0.0462. The number of fused-ring (bicyclic) bond motifs is 1. The summed E-state index contributed by atoms with van der Waals surface area (Å²) in [7, 11) is 0. The molecule has 7 nitrogen and oxygen atoms in total. The Morgan fingerprint density at radius 2 is 1.90 bits per heavy atom. The molecular weight excluding hydrogens is 392 g/mol. The van der Waals surface area contributed by atoms with Crippen molar-refractivity contribution in [2.24, 2.45) is 0 Å². The van der Waals surface area contributed by atoms with E-state index in [0.717, 1.165) is 15.7 Å². The van der Waals surface area contributed by atoms with E-state index in [1.54, 1.807) is 4.90 Å². The van der Waals surface area contributed by atoms with Crippen LogP contribution in [0.4, 0.5) is 5.69 Å².